The van der Waals surface area contributed by atoms with Crippen LogP contribution in [0.15, 0.2) is 79.4 Å². The molecule has 0 fully saturated rings. The van der Waals surface area contributed by atoms with E-state index in [0.29, 0.717) is 22.7 Å². The largest absolute Gasteiger partial charge is 0.491 e. The highest BCUT2D eigenvalue weighted by molar-refractivity contribution is 6.05. The Bertz CT molecular complexity index is 1360. The smallest absolute Gasteiger partial charge is 0.418 e. The SMILES string of the molecule is CC(C)Oc1cccc(NC(=O)c2ccc(C(F)(F)F)c(Nc3ncccc3-c3ccncn3)c2)c1. The van der Waals surface area contributed by atoms with Gasteiger partial charge in [-0.05, 0) is 62.4 Å². The first-order valence-corrected chi connectivity index (χ1v) is 11.0. The van der Waals surface area contributed by atoms with E-state index in [9.17, 15) is 18.0 Å². The number of nitrogens with zero attached hydrogens (tertiary/aromatic N) is 3. The predicted octanol–water partition coefficient (Wildman–Crippen LogP) is 6.34. The number of hydrogen-bond acceptors (Lipinski definition) is 6. The number of aromatic nitrogens is 3. The summed E-state index contributed by atoms with van der Waals surface area (Å²) < 4.78 is 47.0. The monoisotopic (exact) mass is 493 g/mol. The molecule has 7 nitrogen and oxygen atoms in total. The summed E-state index contributed by atoms with van der Waals surface area (Å²) in [6.07, 6.45) is -0.420. The first-order valence-electron chi connectivity index (χ1n) is 11.0. The van der Waals surface area contributed by atoms with Crippen LogP contribution in [0.4, 0.5) is 30.4 Å². The van der Waals surface area contributed by atoms with Crippen LogP contribution in [-0.4, -0.2) is 27.0 Å². The predicted molar refractivity (Wildman–Crippen MR) is 130 cm³/mol. The summed E-state index contributed by atoms with van der Waals surface area (Å²) in [5, 5.41) is 5.44. The Labute approximate surface area is 205 Å². The van der Waals surface area contributed by atoms with Crippen molar-refractivity contribution in [2.24, 2.45) is 0 Å². The maximum Gasteiger partial charge on any atom is 0.418 e. The Morgan fingerprint density at radius 3 is 2.53 bits per heavy atom. The van der Waals surface area contributed by atoms with Crippen molar-refractivity contribution in [1.82, 2.24) is 15.0 Å². The van der Waals surface area contributed by atoms with Gasteiger partial charge in [-0.2, -0.15) is 13.2 Å². The Hall–Kier alpha value is -4.47. The number of amides is 1. The number of alkyl halides is 3. The summed E-state index contributed by atoms with van der Waals surface area (Å²) >= 11 is 0. The van der Waals surface area contributed by atoms with Crippen LogP contribution in [-0.2, 0) is 6.18 Å². The molecule has 2 N–H and O–H groups in total. The number of nitrogens with one attached hydrogen (secondary N) is 2. The van der Waals surface area contributed by atoms with E-state index in [-0.39, 0.29) is 23.2 Å². The molecule has 0 radical (unpaired) electrons. The van der Waals surface area contributed by atoms with Gasteiger partial charge in [-0.25, -0.2) is 15.0 Å². The van der Waals surface area contributed by atoms with Gasteiger partial charge in [-0.1, -0.05) is 6.07 Å². The van der Waals surface area contributed by atoms with Gasteiger partial charge in [-0.3, -0.25) is 4.79 Å². The third-order valence-electron chi connectivity index (χ3n) is 4.97. The van der Waals surface area contributed by atoms with Crippen LogP contribution >= 0.6 is 0 Å². The Morgan fingerprint density at radius 1 is 0.972 bits per heavy atom. The zero-order valence-electron chi connectivity index (χ0n) is 19.4. The average Bonchev–Trinajstić information content (AvgIpc) is 2.84. The molecule has 184 valence electrons. The van der Waals surface area contributed by atoms with Crippen LogP contribution in [0.25, 0.3) is 11.3 Å². The molecular weight excluding hydrogens is 471 g/mol. The average molecular weight is 493 g/mol. The second-order valence-corrected chi connectivity index (χ2v) is 8.03. The standard InChI is InChI=1S/C26H22F3N5O2/c1-16(2)36-19-6-3-5-18(14-19)33-25(35)17-8-9-21(26(27,28)29)23(13-17)34-24-20(7-4-11-31-24)22-10-12-30-15-32-22/h3-16H,1-2H3,(H,31,34)(H,33,35). The van der Waals surface area contributed by atoms with E-state index in [1.165, 1.54) is 18.7 Å². The van der Waals surface area contributed by atoms with Gasteiger partial charge in [0.1, 0.15) is 17.9 Å². The number of halogens is 3. The molecule has 36 heavy (non-hydrogen) atoms. The van der Waals surface area contributed by atoms with E-state index >= 15 is 0 Å². The third-order valence-corrected chi connectivity index (χ3v) is 4.97. The topological polar surface area (TPSA) is 89.0 Å². The van der Waals surface area contributed by atoms with Crippen molar-refractivity contribution in [2.45, 2.75) is 26.1 Å². The number of rotatable bonds is 7. The van der Waals surface area contributed by atoms with Crippen molar-refractivity contribution >= 4 is 23.1 Å². The minimum Gasteiger partial charge on any atom is -0.491 e. The van der Waals surface area contributed by atoms with E-state index in [4.69, 9.17) is 4.74 Å². The van der Waals surface area contributed by atoms with Gasteiger partial charge >= 0.3 is 6.18 Å². The van der Waals surface area contributed by atoms with Crippen molar-refractivity contribution in [2.75, 3.05) is 10.6 Å². The fourth-order valence-corrected chi connectivity index (χ4v) is 3.45. The van der Waals surface area contributed by atoms with Crippen LogP contribution < -0.4 is 15.4 Å². The van der Waals surface area contributed by atoms with Crippen molar-refractivity contribution < 1.29 is 22.7 Å². The van der Waals surface area contributed by atoms with Gasteiger partial charge in [0.05, 0.1) is 23.0 Å². The van der Waals surface area contributed by atoms with Crippen LogP contribution in [0, 0.1) is 0 Å². The lowest BCUT2D eigenvalue weighted by atomic mass is 10.1. The molecule has 0 saturated heterocycles. The molecule has 0 bridgehead atoms. The van der Waals surface area contributed by atoms with Gasteiger partial charge < -0.3 is 15.4 Å². The van der Waals surface area contributed by atoms with Crippen LogP contribution in [0.5, 0.6) is 5.75 Å². The van der Waals surface area contributed by atoms with E-state index in [0.717, 1.165) is 18.2 Å². The molecule has 4 rings (SSSR count). The highest BCUT2D eigenvalue weighted by Gasteiger charge is 2.34. The number of carbonyl (C=O) groups is 1. The van der Waals surface area contributed by atoms with Crippen LogP contribution in [0.3, 0.4) is 0 Å². The summed E-state index contributed by atoms with van der Waals surface area (Å²) in [6, 6.07) is 14.8. The Balaban J connectivity index is 1.66. The van der Waals surface area contributed by atoms with E-state index in [1.54, 1.807) is 42.5 Å². The number of hydrogen-bond donors (Lipinski definition) is 2. The van der Waals surface area contributed by atoms with Gasteiger partial charge in [0.15, 0.2) is 0 Å². The first kappa shape index (κ1) is 24.6. The number of anilines is 3. The Kier molecular flexibility index (Phi) is 7.14. The maximum atomic E-state index is 13.8. The number of pyridine rings is 1. The fourth-order valence-electron chi connectivity index (χ4n) is 3.45. The van der Waals surface area contributed by atoms with Crippen molar-refractivity contribution in [3.63, 3.8) is 0 Å². The maximum absolute atomic E-state index is 13.8. The number of carbonyl (C=O) groups excluding carboxylic acids is 1. The molecule has 0 aliphatic carbocycles. The van der Waals surface area contributed by atoms with Gasteiger partial charge in [0, 0.05) is 35.3 Å². The zero-order chi connectivity index (χ0) is 25.7. The summed E-state index contributed by atoms with van der Waals surface area (Å²) in [5.41, 5.74) is 0.173. The van der Waals surface area contributed by atoms with E-state index < -0.39 is 17.6 Å². The molecule has 0 unspecified atom stereocenters. The summed E-state index contributed by atoms with van der Waals surface area (Å²) in [6.45, 7) is 3.75. The third kappa shape index (κ3) is 5.96. The zero-order valence-corrected chi connectivity index (χ0v) is 19.4. The summed E-state index contributed by atoms with van der Waals surface area (Å²) in [4.78, 5) is 25.1. The van der Waals surface area contributed by atoms with Gasteiger partial charge in [0.2, 0.25) is 0 Å². The van der Waals surface area contributed by atoms with Gasteiger partial charge in [-0.15, -0.1) is 0 Å². The lowest BCUT2D eigenvalue weighted by Crippen LogP contribution is -2.15. The number of benzene rings is 2. The highest BCUT2D eigenvalue weighted by atomic mass is 19.4. The molecule has 1 amide bonds. The number of ether oxygens (including phenoxy) is 1. The van der Waals surface area contributed by atoms with E-state index in [2.05, 4.69) is 25.6 Å². The quantitative estimate of drug-likeness (QED) is 0.312. The fraction of sp³-hybridized carbons (Fsp3) is 0.154. The Morgan fingerprint density at radius 2 is 1.81 bits per heavy atom. The molecule has 2 aromatic carbocycles. The summed E-state index contributed by atoms with van der Waals surface area (Å²) in [5.74, 6) is 0.133. The van der Waals surface area contributed by atoms with Crippen LogP contribution in [0.1, 0.15) is 29.8 Å². The molecule has 2 aromatic heterocycles. The molecule has 2 heterocycles. The molecular formula is C26H22F3N5O2. The van der Waals surface area contributed by atoms with Crippen molar-refractivity contribution in [3.05, 3.63) is 90.5 Å². The lowest BCUT2D eigenvalue weighted by molar-refractivity contribution is -0.136. The molecule has 0 spiro atoms. The molecule has 0 atom stereocenters. The molecule has 4 aromatic rings. The highest BCUT2D eigenvalue weighted by Crippen LogP contribution is 2.38. The normalized spacial score (nSPS) is 11.3. The summed E-state index contributed by atoms with van der Waals surface area (Å²) in [7, 11) is 0. The minimum absolute atomic E-state index is 0.0280. The second-order valence-electron chi connectivity index (χ2n) is 8.03. The van der Waals surface area contributed by atoms with Crippen molar-refractivity contribution in [1.29, 1.82) is 0 Å². The molecule has 0 saturated carbocycles. The second kappa shape index (κ2) is 10.4. The van der Waals surface area contributed by atoms with Gasteiger partial charge in [0.25, 0.3) is 5.91 Å². The minimum atomic E-state index is -4.66. The molecule has 0 aliphatic heterocycles. The van der Waals surface area contributed by atoms with E-state index in [1.807, 2.05) is 13.8 Å². The molecule has 10 heteroatoms. The van der Waals surface area contributed by atoms with Crippen molar-refractivity contribution in [3.8, 4) is 17.0 Å². The first-order chi connectivity index (χ1) is 17.2. The molecule has 0 aliphatic rings. The lowest BCUT2D eigenvalue weighted by Gasteiger charge is -2.17. The van der Waals surface area contributed by atoms with Crippen LogP contribution in [0.2, 0.25) is 0 Å².